The van der Waals surface area contributed by atoms with Gasteiger partial charge in [-0.15, -0.1) is 0 Å². The molecule has 0 aromatic heterocycles. The number of hydrogen-bond acceptors (Lipinski definition) is 4. The maximum absolute atomic E-state index is 6.31. The summed E-state index contributed by atoms with van der Waals surface area (Å²) >= 11 is 2.07. The molecular formula is C11H22N2OS. The van der Waals surface area contributed by atoms with Crippen LogP contribution in [0.25, 0.3) is 0 Å². The maximum atomic E-state index is 6.31. The molecule has 0 aromatic rings. The lowest BCUT2D eigenvalue weighted by atomic mass is 9.99. The van der Waals surface area contributed by atoms with E-state index in [1.165, 1.54) is 12.3 Å². The van der Waals surface area contributed by atoms with Crippen molar-refractivity contribution in [3.05, 3.63) is 0 Å². The molecule has 0 radical (unpaired) electrons. The molecule has 0 spiro atoms. The van der Waals surface area contributed by atoms with Crippen molar-refractivity contribution in [1.82, 2.24) is 4.90 Å². The molecule has 2 fully saturated rings. The minimum atomic E-state index is -0.0852. The van der Waals surface area contributed by atoms with E-state index in [-0.39, 0.29) is 5.54 Å². The predicted molar refractivity (Wildman–Crippen MR) is 65.3 cm³/mol. The molecule has 0 saturated carbocycles. The van der Waals surface area contributed by atoms with E-state index in [1.807, 2.05) is 0 Å². The van der Waals surface area contributed by atoms with Crippen LogP contribution in [0.5, 0.6) is 0 Å². The van der Waals surface area contributed by atoms with Crippen LogP contribution in [0.15, 0.2) is 0 Å². The summed E-state index contributed by atoms with van der Waals surface area (Å²) in [6.45, 7) is 9.52. The van der Waals surface area contributed by atoms with Crippen molar-refractivity contribution in [3.63, 3.8) is 0 Å². The highest BCUT2D eigenvalue weighted by molar-refractivity contribution is 8.00. The normalized spacial score (nSPS) is 37.0. The number of rotatable bonds is 2. The van der Waals surface area contributed by atoms with Gasteiger partial charge in [0, 0.05) is 36.7 Å². The molecule has 2 saturated heterocycles. The quantitative estimate of drug-likeness (QED) is 0.766. The van der Waals surface area contributed by atoms with Gasteiger partial charge >= 0.3 is 0 Å². The van der Waals surface area contributed by atoms with E-state index in [1.54, 1.807) is 0 Å². The van der Waals surface area contributed by atoms with Gasteiger partial charge in [-0.1, -0.05) is 0 Å². The second-order valence-electron chi connectivity index (χ2n) is 5.48. The van der Waals surface area contributed by atoms with Crippen molar-refractivity contribution in [2.75, 3.05) is 38.6 Å². The Balaban J connectivity index is 1.88. The first-order valence-electron chi connectivity index (χ1n) is 5.72. The van der Waals surface area contributed by atoms with Crippen LogP contribution >= 0.6 is 11.8 Å². The van der Waals surface area contributed by atoms with Crippen LogP contribution in [-0.2, 0) is 4.74 Å². The molecule has 0 bridgehead atoms. The first-order valence-corrected chi connectivity index (χ1v) is 6.71. The summed E-state index contributed by atoms with van der Waals surface area (Å²) in [4.78, 5) is 2.51. The summed E-state index contributed by atoms with van der Waals surface area (Å²) in [5.74, 6) is 1.23. The molecule has 2 aliphatic rings. The molecule has 2 heterocycles. The van der Waals surface area contributed by atoms with E-state index >= 15 is 0 Å². The molecule has 88 valence electrons. The largest absolute Gasteiger partial charge is 0.379 e. The van der Waals surface area contributed by atoms with Gasteiger partial charge < -0.3 is 10.5 Å². The van der Waals surface area contributed by atoms with Crippen LogP contribution in [0.2, 0.25) is 0 Å². The number of hydrogen-bond donors (Lipinski definition) is 1. The molecule has 2 aliphatic heterocycles. The Morgan fingerprint density at radius 2 is 2.27 bits per heavy atom. The van der Waals surface area contributed by atoms with Gasteiger partial charge in [0.1, 0.15) is 0 Å². The van der Waals surface area contributed by atoms with Crippen molar-refractivity contribution in [1.29, 1.82) is 0 Å². The summed E-state index contributed by atoms with van der Waals surface area (Å²) in [5, 5.41) is 0. The third kappa shape index (κ3) is 3.09. The summed E-state index contributed by atoms with van der Waals surface area (Å²) in [6.07, 6.45) is 1.01. The molecule has 4 heteroatoms. The molecule has 1 unspecified atom stereocenters. The Hall–Kier alpha value is 0.230. The highest BCUT2D eigenvalue weighted by Crippen LogP contribution is 2.30. The maximum Gasteiger partial charge on any atom is 0.0659 e. The molecule has 3 nitrogen and oxygen atoms in total. The lowest BCUT2D eigenvalue weighted by molar-refractivity contribution is 0.150. The van der Waals surface area contributed by atoms with E-state index in [4.69, 9.17) is 10.5 Å². The Labute approximate surface area is 96.7 Å². The van der Waals surface area contributed by atoms with Gasteiger partial charge in [-0.2, -0.15) is 11.8 Å². The second-order valence-corrected chi connectivity index (χ2v) is 7.29. The monoisotopic (exact) mass is 230 g/mol. The fourth-order valence-corrected chi connectivity index (χ4v) is 3.62. The third-order valence-electron chi connectivity index (χ3n) is 3.18. The Morgan fingerprint density at radius 3 is 2.87 bits per heavy atom. The van der Waals surface area contributed by atoms with Gasteiger partial charge in [-0.25, -0.2) is 0 Å². The van der Waals surface area contributed by atoms with Crippen molar-refractivity contribution in [3.8, 4) is 0 Å². The minimum absolute atomic E-state index is 0.0852. The summed E-state index contributed by atoms with van der Waals surface area (Å²) in [5.41, 5.74) is 6.22. The van der Waals surface area contributed by atoms with Gasteiger partial charge in [0.15, 0.2) is 0 Å². The third-order valence-corrected chi connectivity index (χ3v) is 4.47. The molecule has 0 amide bonds. The zero-order valence-electron chi connectivity index (χ0n) is 9.79. The van der Waals surface area contributed by atoms with Crippen LogP contribution in [0.3, 0.4) is 0 Å². The minimum Gasteiger partial charge on any atom is -0.379 e. The number of nitrogens with zero attached hydrogens (tertiary/aromatic N) is 1. The number of nitrogens with two attached hydrogens (primary N) is 1. The van der Waals surface area contributed by atoms with Crippen LogP contribution in [0.4, 0.5) is 0 Å². The number of ether oxygens (including phenoxy) is 1. The van der Waals surface area contributed by atoms with E-state index < -0.39 is 0 Å². The summed E-state index contributed by atoms with van der Waals surface area (Å²) in [7, 11) is 0. The van der Waals surface area contributed by atoms with Gasteiger partial charge in [0.2, 0.25) is 0 Å². The van der Waals surface area contributed by atoms with Crippen molar-refractivity contribution in [2.45, 2.75) is 30.6 Å². The van der Waals surface area contributed by atoms with E-state index in [2.05, 4.69) is 30.5 Å². The van der Waals surface area contributed by atoms with Gasteiger partial charge in [-0.3, -0.25) is 4.90 Å². The Morgan fingerprint density at radius 1 is 1.47 bits per heavy atom. The average Bonchev–Trinajstić information content (AvgIpc) is 2.49. The van der Waals surface area contributed by atoms with Gasteiger partial charge in [0.25, 0.3) is 0 Å². The molecular weight excluding hydrogens is 208 g/mol. The smallest absolute Gasteiger partial charge is 0.0659 e. The van der Waals surface area contributed by atoms with E-state index in [0.717, 1.165) is 32.7 Å². The van der Waals surface area contributed by atoms with E-state index in [9.17, 15) is 0 Å². The summed E-state index contributed by atoms with van der Waals surface area (Å²) < 4.78 is 5.78. The van der Waals surface area contributed by atoms with Crippen LogP contribution < -0.4 is 5.73 Å². The zero-order valence-corrected chi connectivity index (χ0v) is 10.6. The second kappa shape index (κ2) is 4.24. The molecule has 15 heavy (non-hydrogen) atoms. The van der Waals surface area contributed by atoms with Crippen LogP contribution in [0, 0.1) is 0 Å². The molecule has 2 N–H and O–H groups in total. The lowest BCUT2D eigenvalue weighted by Gasteiger charge is -2.40. The highest BCUT2D eigenvalue weighted by Gasteiger charge is 2.35. The van der Waals surface area contributed by atoms with Gasteiger partial charge in [-0.05, 0) is 20.3 Å². The molecule has 0 aliphatic carbocycles. The average molecular weight is 230 g/mol. The van der Waals surface area contributed by atoms with Crippen LogP contribution in [0.1, 0.15) is 20.3 Å². The lowest BCUT2D eigenvalue weighted by Crippen LogP contribution is -2.55. The molecule has 0 aromatic carbocycles. The number of thioether (sulfide) groups is 1. The SMILES string of the molecule is CC1(C)CN(CC2(N)CCOC2)CCS1. The predicted octanol–water partition coefficient (Wildman–Crippen LogP) is 0.932. The first kappa shape index (κ1) is 11.7. The van der Waals surface area contributed by atoms with Crippen molar-refractivity contribution < 1.29 is 4.74 Å². The molecule has 2 rings (SSSR count). The standard InChI is InChI=1S/C11H22N2OS/c1-10(2)7-13(4-6-15-10)8-11(12)3-5-14-9-11/h3-9,12H2,1-2H3. The fourth-order valence-electron chi connectivity index (χ4n) is 2.44. The molecule has 1 atom stereocenters. The Kier molecular flexibility index (Phi) is 3.31. The zero-order chi connectivity index (χ0) is 10.9. The van der Waals surface area contributed by atoms with E-state index in [0.29, 0.717) is 4.75 Å². The van der Waals surface area contributed by atoms with Gasteiger partial charge in [0.05, 0.1) is 12.1 Å². The Bertz CT molecular complexity index is 227. The summed E-state index contributed by atoms with van der Waals surface area (Å²) in [6, 6.07) is 0. The highest BCUT2D eigenvalue weighted by atomic mass is 32.2. The van der Waals surface area contributed by atoms with Crippen LogP contribution in [-0.4, -0.2) is 53.8 Å². The first-order chi connectivity index (χ1) is 6.99. The topological polar surface area (TPSA) is 38.5 Å². The van der Waals surface area contributed by atoms with Crippen molar-refractivity contribution in [2.24, 2.45) is 5.73 Å². The fraction of sp³-hybridized carbons (Fsp3) is 1.00. The van der Waals surface area contributed by atoms with Crippen molar-refractivity contribution >= 4 is 11.8 Å².